The highest BCUT2D eigenvalue weighted by molar-refractivity contribution is 14.1. The molecule has 1 unspecified atom stereocenters. The topological polar surface area (TPSA) is 37.7 Å². The van der Waals surface area contributed by atoms with Gasteiger partial charge >= 0.3 is 0 Å². The van der Waals surface area contributed by atoms with Crippen LogP contribution in [0.2, 0.25) is 0 Å². The number of hydrogen-bond donors (Lipinski definition) is 0. The Hall–Kier alpha value is -2.15. The molecule has 136 valence electrons. The molecule has 27 heavy (non-hydrogen) atoms. The molecule has 1 spiro atoms. The first-order valence-corrected chi connectivity index (χ1v) is 10.6. The average Bonchev–Trinajstić information content (AvgIpc) is 2.86. The van der Waals surface area contributed by atoms with E-state index in [1.54, 1.807) is 0 Å². The first-order chi connectivity index (χ1) is 13.0. The summed E-state index contributed by atoms with van der Waals surface area (Å²) in [4.78, 5) is 11.8. The second kappa shape index (κ2) is 5.67. The number of likely N-dealkylation sites (N-methyl/N-ethyl adjacent to an activating group) is 1. The molecule has 1 aromatic heterocycles. The van der Waals surface area contributed by atoms with Crippen LogP contribution in [0, 0.1) is 0 Å². The van der Waals surface area contributed by atoms with Crippen LogP contribution in [0.15, 0.2) is 53.7 Å². The molecule has 0 saturated heterocycles. The lowest BCUT2D eigenvalue weighted by molar-refractivity contribution is 0.0811. The monoisotopic (exact) mass is 469 g/mol. The van der Waals surface area contributed by atoms with E-state index in [-0.39, 0.29) is 5.41 Å². The fraction of sp³-hybridized carbons (Fsp3) is 0.273. The Bertz CT molecular complexity index is 1110. The van der Waals surface area contributed by atoms with Gasteiger partial charge in [0.15, 0.2) is 0 Å². The Morgan fingerprint density at radius 1 is 1.15 bits per heavy atom. The Balaban J connectivity index is 1.70. The molecule has 0 aliphatic carbocycles. The van der Waals surface area contributed by atoms with Crippen molar-refractivity contribution in [2.24, 2.45) is 4.99 Å². The van der Waals surface area contributed by atoms with Crippen molar-refractivity contribution in [3.8, 4) is 5.75 Å². The van der Waals surface area contributed by atoms with Crippen LogP contribution in [0.4, 0.5) is 11.4 Å². The van der Waals surface area contributed by atoms with E-state index in [4.69, 9.17) is 9.73 Å². The van der Waals surface area contributed by atoms with Crippen LogP contribution in [0.3, 0.4) is 0 Å². The van der Waals surface area contributed by atoms with Gasteiger partial charge in [-0.2, -0.15) is 0 Å². The van der Waals surface area contributed by atoms with E-state index in [1.807, 2.05) is 24.5 Å². The minimum absolute atomic E-state index is 0.335. The summed E-state index contributed by atoms with van der Waals surface area (Å²) in [6.45, 7) is 4.35. The van der Waals surface area contributed by atoms with Gasteiger partial charge < -0.3 is 9.64 Å². The maximum Gasteiger partial charge on any atom is 0.230 e. The summed E-state index contributed by atoms with van der Waals surface area (Å²) in [5.74, 6) is 0.823. The summed E-state index contributed by atoms with van der Waals surface area (Å²) in [7, 11) is 2.06. The molecule has 0 radical (unpaired) electrons. The third kappa shape index (κ3) is 2.15. The normalized spacial score (nSPS) is 22.0. The van der Waals surface area contributed by atoms with Crippen LogP contribution >= 0.6 is 22.6 Å². The summed E-state index contributed by atoms with van der Waals surface area (Å²) in [5, 5.41) is 2.32. The number of hydrogen-bond acceptors (Lipinski definition) is 4. The Labute approximate surface area is 172 Å². The molecule has 3 aromatic rings. The van der Waals surface area contributed by atoms with Gasteiger partial charge in [-0.15, -0.1) is 0 Å². The predicted molar refractivity (Wildman–Crippen MR) is 119 cm³/mol. The van der Waals surface area contributed by atoms with Crippen molar-refractivity contribution in [2.45, 2.75) is 29.4 Å². The molecule has 2 aliphatic rings. The molecule has 0 bridgehead atoms. The lowest BCUT2D eigenvalue weighted by Gasteiger charge is -2.44. The molecule has 5 heteroatoms. The molecule has 1 atom stereocenters. The van der Waals surface area contributed by atoms with Gasteiger partial charge in [-0.05, 0) is 49.1 Å². The minimum atomic E-state index is -0.689. The zero-order valence-corrected chi connectivity index (χ0v) is 17.7. The van der Waals surface area contributed by atoms with Crippen molar-refractivity contribution >= 4 is 51.0 Å². The molecule has 4 nitrogen and oxygen atoms in total. The lowest BCUT2D eigenvalue weighted by Crippen LogP contribution is -2.61. The van der Waals surface area contributed by atoms with Crippen molar-refractivity contribution in [3.63, 3.8) is 0 Å². The molecule has 2 aromatic carbocycles. The Morgan fingerprint density at radius 3 is 2.74 bits per heavy atom. The van der Waals surface area contributed by atoms with Crippen molar-refractivity contribution in [3.05, 3.63) is 59.9 Å². The van der Waals surface area contributed by atoms with E-state index in [0.717, 1.165) is 32.6 Å². The highest BCUT2D eigenvalue weighted by Gasteiger charge is 2.59. The number of pyridine rings is 1. The number of aliphatic imine (C=N–C) groups is 1. The zero-order chi connectivity index (χ0) is 18.8. The number of benzene rings is 2. The largest absolute Gasteiger partial charge is 0.459 e. The zero-order valence-electron chi connectivity index (χ0n) is 15.5. The van der Waals surface area contributed by atoms with E-state index >= 15 is 0 Å². The van der Waals surface area contributed by atoms with Gasteiger partial charge in [0, 0.05) is 23.1 Å². The van der Waals surface area contributed by atoms with Gasteiger partial charge in [-0.3, -0.25) is 9.98 Å². The van der Waals surface area contributed by atoms with Crippen LogP contribution in [0.25, 0.3) is 10.8 Å². The van der Waals surface area contributed by atoms with Crippen molar-refractivity contribution in [1.82, 2.24) is 4.98 Å². The third-order valence-corrected chi connectivity index (χ3v) is 6.82. The lowest BCUT2D eigenvalue weighted by atomic mass is 9.80. The van der Waals surface area contributed by atoms with Crippen LogP contribution < -0.4 is 9.64 Å². The molecule has 3 heterocycles. The quantitative estimate of drug-likeness (QED) is 0.355. The minimum Gasteiger partial charge on any atom is -0.459 e. The summed E-state index contributed by atoms with van der Waals surface area (Å²) in [5.41, 5.74) is 3.31. The van der Waals surface area contributed by atoms with Crippen LogP contribution in [0.1, 0.15) is 25.1 Å². The first-order valence-electron chi connectivity index (χ1n) is 9.03. The second-order valence-electron chi connectivity index (χ2n) is 7.71. The van der Waals surface area contributed by atoms with Crippen molar-refractivity contribution in [1.29, 1.82) is 0 Å². The number of aromatic nitrogens is 1. The number of alkyl halides is 1. The van der Waals surface area contributed by atoms with Gasteiger partial charge in [0.2, 0.25) is 5.72 Å². The molecular weight excluding hydrogens is 449 g/mol. The Kier molecular flexibility index (Phi) is 3.57. The van der Waals surface area contributed by atoms with E-state index in [1.165, 1.54) is 10.9 Å². The summed E-state index contributed by atoms with van der Waals surface area (Å²) >= 11 is 2.39. The fourth-order valence-electron chi connectivity index (χ4n) is 4.34. The van der Waals surface area contributed by atoms with Crippen LogP contribution in [0.5, 0.6) is 5.75 Å². The number of halogens is 1. The van der Waals surface area contributed by atoms with E-state index < -0.39 is 5.72 Å². The van der Waals surface area contributed by atoms with Gasteiger partial charge in [0.1, 0.15) is 11.4 Å². The van der Waals surface area contributed by atoms with Crippen molar-refractivity contribution in [2.75, 3.05) is 11.9 Å². The molecular formula is C22H20IN3O. The van der Waals surface area contributed by atoms with E-state index in [9.17, 15) is 0 Å². The van der Waals surface area contributed by atoms with Gasteiger partial charge in [0.05, 0.1) is 23.0 Å². The predicted octanol–water partition coefficient (Wildman–Crippen LogP) is 5.39. The van der Waals surface area contributed by atoms with Gasteiger partial charge in [-0.25, -0.2) is 0 Å². The SMILES string of the molecule is CN1c2cccnc2C(C)(C)C12C=Nc1c(ccc3ccc(CI)cc13)O2. The highest BCUT2D eigenvalue weighted by Crippen LogP contribution is 2.53. The molecule has 2 aliphatic heterocycles. The second-order valence-corrected chi connectivity index (χ2v) is 8.48. The summed E-state index contributed by atoms with van der Waals surface area (Å²) in [6.07, 6.45) is 3.81. The smallest absolute Gasteiger partial charge is 0.230 e. The van der Waals surface area contributed by atoms with Crippen LogP contribution in [-0.4, -0.2) is 24.0 Å². The number of ether oxygens (including phenoxy) is 1. The highest BCUT2D eigenvalue weighted by atomic mass is 127. The molecule has 5 rings (SSSR count). The summed E-state index contributed by atoms with van der Waals surface area (Å²) in [6, 6.07) is 14.8. The maximum atomic E-state index is 6.71. The van der Waals surface area contributed by atoms with Crippen LogP contribution in [-0.2, 0) is 9.84 Å². The number of fused-ring (bicyclic) bond motifs is 4. The molecule has 0 amide bonds. The molecule has 0 saturated carbocycles. The Morgan fingerprint density at radius 2 is 1.96 bits per heavy atom. The number of rotatable bonds is 1. The average molecular weight is 469 g/mol. The molecule has 0 N–H and O–H groups in total. The maximum absolute atomic E-state index is 6.71. The fourth-order valence-corrected chi connectivity index (χ4v) is 4.81. The van der Waals surface area contributed by atoms with E-state index in [2.05, 4.69) is 83.7 Å². The van der Waals surface area contributed by atoms with Gasteiger partial charge in [-0.1, -0.05) is 40.8 Å². The number of nitrogens with zero attached hydrogens (tertiary/aromatic N) is 3. The van der Waals surface area contributed by atoms with Gasteiger partial charge in [0.25, 0.3) is 0 Å². The van der Waals surface area contributed by atoms with E-state index in [0.29, 0.717) is 0 Å². The third-order valence-electron chi connectivity index (χ3n) is 5.94. The molecule has 0 fully saturated rings. The standard InChI is InChI=1S/C22H20IN3O/c1-21(2)20-17(5-4-10-24-20)26(3)22(21)13-25-19-16-11-14(12-23)6-7-15(16)8-9-18(19)27-22/h4-11,13H,12H2,1-3H3. The van der Waals surface area contributed by atoms with Crippen molar-refractivity contribution < 1.29 is 4.74 Å². The first kappa shape index (κ1) is 17.0. The summed E-state index contributed by atoms with van der Waals surface area (Å²) < 4.78 is 7.68. The number of anilines is 1.